The van der Waals surface area contributed by atoms with Gasteiger partial charge in [0.1, 0.15) is 11.5 Å². The summed E-state index contributed by atoms with van der Waals surface area (Å²) in [5.74, 6) is 0.760. The van der Waals surface area contributed by atoms with Gasteiger partial charge in [0.2, 0.25) is 0 Å². The van der Waals surface area contributed by atoms with Crippen molar-refractivity contribution >= 4 is 44.9 Å². The van der Waals surface area contributed by atoms with Gasteiger partial charge in [0.15, 0.2) is 5.13 Å². The second-order valence-corrected chi connectivity index (χ2v) is 6.64. The maximum absolute atomic E-state index is 6.26. The Morgan fingerprint density at radius 3 is 3.05 bits per heavy atom. The molecule has 0 saturated carbocycles. The fraction of sp³-hybridized carbons (Fsp3) is 0.333. The van der Waals surface area contributed by atoms with E-state index >= 15 is 0 Å². The van der Waals surface area contributed by atoms with Crippen molar-refractivity contribution in [3.05, 3.63) is 34.4 Å². The number of nitrogens with zero attached hydrogens (tertiary/aromatic N) is 3. The van der Waals surface area contributed by atoms with Gasteiger partial charge >= 0.3 is 0 Å². The molecular formula is C15H16ClN5S. The maximum Gasteiger partial charge on any atom is 0.185 e. The fourth-order valence-electron chi connectivity index (χ4n) is 2.70. The van der Waals surface area contributed by atoms with Crippen LogP contribution in [0.4, 0.5) is 10.9 Å². The van der Waals surface area contributed by atoms with E-state index in [1.807, 2.05) is 18.3 Å². The molecule has 0 bridgehead atoms. The average molecular weight is 334 g/mol. The zero-order chi connectivity index (χ0) is 14.9. The summed E-state index contributed by atoms with van der Waals surface area (Å²) < 4.78 is 0. The first-order valence-corrected chi connectivity index (χ1v) is 8.62. The first-order valence-electron chi connectivity index (χ1n) is 7.36. The largest absolute Gasteiger partial charge is 0.364 e. The standard InChI is InChI=1S/C15H16ClN5S/c16-12-7-13(20-14-11(12)3-4-17-14)18-8-10-9-22-15(19-10)21-5-1-2-6-21/h3-4,7,9H,1-2,5-6,8H2,(H2,17,18,20). The lowest BCUT2D eigenvalue weighted by Crippen LogP contribution is -2.17. The van der Waals surface area contributed by atoms with E-state index in [2.05, 4.69) is 25.6 Å². The van der Waals surface area contributed by atoms with Crippen molar-refractivity contribution < 1.29 is 0 Å². The highest BCUT2D eigenvalue weighted by Crippen LogP contribution is 2.26. The number of rotatable bonds is 4. The molecule has 0 aliphatic carbocycles. The minimum absolute atomic E-state index is 0.653. The summed E-state index contributed by atoms with van der Waals surface area (Å²) in [6.45, 7) is 2.90. The molecular weight excluding hydrogens is 318 g/mol. The third-order valence-electron chi connectivity index (χ3n) is 3.85. The second-order valence-electron chi connectivity index (χ2n) is 5.40. The van der Waals surface area contributed by atoms with Crippen LogP contribution in [0.5, 0.6) is 0 Å². The van der Waals surface area contributed by atoms with Gasteiger partial charge in [-0.25, -0.2) is 9.97 Å². The molecule has 0 radical (unpaired) electrons. The molecule has 2 N–H and O–H groups in total. The Balaban J connectivity index is 1.47. The smallest absolute Gasteiger partial charge is 0.185 e. The summed E-state index contributed by atoms with van der Waals surface area (Å²) in [5.41, 5.74) is 1.84. The van der Waals surface area contributed by atoms with Gasteiger partial charge in [-0.05, 0) is 25.0 Å². The van der Waals surface area contributed by atoms with Crippen LogP contribution in [0.25, 0.3) is 11.0 Å². The van der Waals surface area contributed by atoms with Crippen LogP contribution in [-0.4, -0.2) is 28.0 Å². The van der Waals surface area contributed by atoms with Crippen LogP contribution in [0.1, 0.15) is 18.5 Å². The van der Waals surface area contributed by atoms with Gasteiger partial charge in [0.05, 0.1) is 17.3 Å². The van der Waals surface area contributed by atoms with Crippen molar-refractivity contribution in [1.29, 1.82) is 0 Å². The molecule has 0 spiro atoms. The summed E-state index contributed by atoms with van der Waals surface area (Å²) >= 11 is 7.97. The lowest BCUT2D eigenvalue weighted by Gasteiger charge is -2.12. The Morgan fingerprint density at radius 1 is 1.32 bits per heavy atom. The van der Waals surface area contributed by atoms with E-state index in [-0.39, 0.29) is 0 Å². The normalized spacial score (nSPS) is 14.9. The summed E-state index contributed by atoms with van der Waals surface area (Å²) in [6.07, 6.45) is 4.38. The number of nitrogens with one attached hydrogen (secondary N) is 2. The lowest BCUT2D eigenvalue weighted by molar-refractivity contribution is 0.941. The number of thiazole rings is 1. The summed E-state index contributed by atoms with van der Waals surface area (Å²) in [7, 11) is 0. The summed E-state index contributed by atoms with van der Waals surface area (Å²) in [6, 6.07) is 3.78. The van der Waals surface area contributed by atoms with E-state index in [1.54, 1.807) is 11.3 Å². The van der Waals surface area contributed by atoms with Gasteiger partial charge in [-0.3, -0.25) is 0 Å². The van der Waals surface area contributed by atoms with Gasteiger partial charge in [0.25, 0.3) is 0 Å². The molecule has 0 aromatic carbocycles. The number of halogens is 1. The van der Waals surface area contributed by atoms with Crippen LogP contribution in [-0.2, 0) is 6.54 Å². The van der Waals surface area contributed by atoms with Crippen molar-refractivity contribution in [3.63, 3.8) is 0 Å². The fourth-order valence-corrected chi connectivity index (χ4v) is 3.83. The molecule has 0 amide bonds. The third-order valence-corrected chi connectivity index (χ3v) is 5.11. The van der Waals surface area contributed by atoms with Crippen molar-refractivity contribution in [3.8, 4) is 0 Å². The van der Waals surface area contributed by atoms with E-state index in [4.69, 9.17) is 16.6 Å². The van der Waals surface area contributed by atoms with Gasteiger partial charge in [-0.15, -0.1) is 11.3 Å². The molecule has 0 atom stereocenters. The number of anilines is 2. The molecule has 114 valence electrons. The molecule has 22 heavy (non-hydrogen) atoms. The van der Waals surface area contributed by atoms with Crippen molar-refractivity contribution in [2.24, 2.45) is 0 Å². The predicted octanol–water partition coefficient (Wildman–Crippen LogP) is 3.89. The van der Waals surface area contributed by atoms with E-state index in [1.165, 1.54) is 12.8 Å². The molecule has 1 fully saturated rings. The zero-order valence-electron chi connectivity index (χ0n) is 12.0. The van der Waals surface area contributed by atoms with E-state index in [9.17, 15) is 0 Å². The molecule has 3 aromatic heterocycles. The molecule has 5 nitrogen and oxygen atoms in total. The van der Waals surface area contributed by atoms with E-state index < -0.39 is 0 Å². The van der Waals surface area contributed by atoms with Gasteiger partial charge in [-0.1, -0.05) is 11.6 Å². The Labute approximate surface area is 137 Å². The number of fused-ring (bicyclic) bond motifs is 1. The Hall–Kier alpha value is -1.79. The number of aromatic amines is 1. The highest BCUT2D eigenvalue weighted by atomic mass is 35.5. The average Bonchev–Trinajstić information content (AvgIpc) is 3.25. The molecule has 4 heterocycles. The van der Waals surface area contributed by atoms with E-state index in [0.29, 0.717) is 11.6 Å². The minimum atomic E-state index is 0.653. The molecule has 1 aliphatic heterocycles. The Bertz CT molecular complexity index is 790. The Morgan fingerprint density at radius 2 is 2.18 bits per heavy atom. The van der Waals surface area contributed by atoms with Gasteiger partial charge in [-0.2, -0.15) is 0 Å². The quantitative estimate of drug-likeness (QED) is 0.760. The molecule has 1 saturated heterocycles. The number of pyridine rings is 1. The van der Waals surface area contributed by atoms with Gasteiger partial charge in [0, 0.05) is 30.1 Å². The second kappa shape index (κ2) is 5.78. The minimum Gasteiger partial charge on any atom is -0.364 e. The molecule has 1 aliphatic rings. The highest BCUT2D eigenvalue weighted by molar-refractivity contribution is 7.13. The van der Waals surface area contributed by atoms with Crippen molar-refractivity contribution in [1.82, 2.24) is 15.0 Å². The lowest BCUT2D eigenvalue weighted by atomic mass is 10.3. The van der Waals surface area contributed by atoms with E-state index in [0.717, 1.165) is 40.8 Å². The van der Waals surface area contributed by atoms with Crippen LogP contribution in [0, 0.1) is 0 Å². The molecule has 3 aromatic rings. The monoisotopic (exact) mass is 333 g/mol. The van der Waals surface area contributed by atoms with Crippen LogP contribution < -0.4 is 10.2 Å². The van der Waals surface area contributed by atoms with Crippen LogP contribution >= 0.6 is 22.9 Å². The molecule has 7 heteroatoms. The van der Waals surface area contributed by atoms with Crippen molar-refractivity contribution in [2.45, 2.75) is 19.4 Å². The first kappa shape index (κ1) is 13.8. The summed E-state index contributed by atoms with van der Waals surface area (Å²) in [5, 5.41) is 8.17. The van der Waals surface area contributed by atoms with Crippen LogP contribution in [0.2, 0.25) is 5.02 Å². The summed E-state index contributed by atoms with van der Waals surface area (Å²) in [4.78, 5) is 14.6. The zero-order valence-corrected chi connectivity index (χ0v) is 13.5. The molecule has 0 unspecified atom stereocenters. The SMILES string of the molecule is Clc1cc(NCc2csc(N3CCCC3)n2)nc2[nH]ccc12. The first-order chi connectivity index (χ1) is 10.8. The van der Waals surface area contributed by atoms with Crippen molar-refractivity contribution in [2.75, 3.05) is 23.3 Å². The predicted molar refractivity (Wildman–Crippen MR) is 92.0 cm³/mol. The molecule has 4 rings (SSSR count). The highest BCUT2D eigenvalue weighted by Gasteiger charge is 2.15. The van der Waals surface area contributed by atoms with Crippen LogP contribution in [0.15, 0.2) is 23.7 Å². The van der Waals surface area contributed by atoms with Gasteiger partial charge < -0.3 is 15.2 Å². The number of H-pyrrole nitrogens is 1. The number of hydrogen-bond acceptors (Lipinski definition) is 5. The topological polar surface area (TPSA) is 56.8 Å². The number of aromatic nitrogens is 3. The third kappa shape index (κ3) is 2.64. The Kier molecular flexibility index (Phi) is 3.63. The van der Waals surface area contributed by atoms with Crippen LogP contribution in [0.3, 0.4) is 0 Å². The maximum atomic E-state index is 6.26. The number of hydrogen-bond donors (Lipinski definition) is 2.